The maximum Gasteiger partial charge on any atom is 0.273 e. The molecule has 1 aromatic heterocycles. The molecule has 1 heterocycles. The second kappa shape index (κ2) is 6.52. The quantitative estimate of drug-likeness (QED) is 0.868. The van der Waals surface area contributed by atoms with Gasteiger partial charge in [-0.15, -0.1) is 0 Å². The van der Waals surface area contributed by atoms with Crippen molar-refractivity contribution in [2.75, 3.05) is 6.61 Å². The Labute approximate surface area is 112 Å². The van der Waals surface area contributed by atoms with Crippen LogP contribution in [0.2, 0.25) is 0 Å². The molecule has 1 aromatic carbocycles. The number of hydrogen-bond donors (Lipinski definition) is 1. The van der Waals surface area contributed by atoms with E-state index in [9.17, 15) is 0 Å². The van der Waals surface area contributed by atoms with E-state index in [1.54, 1.807) is 11.3 Å². The van der Waals surface area contributed by atoms with E-state index in [2.05, 4.69) is 41.5 Å². The minimum Gasteiger partial charge on any atom is -0.470 e. The van der Waals surface area contributed by atoms with Crippen LogP contribution < -0.4 is 10.1 Å². The summed E-state index contributed by atoms with van der Waals surface area (Å²) in [6, 6.07) is 8.58. The zero-order valence-corrected chi connectivity index (χ0v) is 11.6. The van der Waals surface area contributed by atoms with E-state index in [0.29, 0.717) is 6.61 Å². The molecule has 3 nitrogen and oxygen atoms in total. The first-order chi connectivity index (χ1) is 8.78. The van der Waals surface area contributed by atoms with Crippen molar-refractivity contribution in [2.45, 2.75) is 26.9 Å². The zero-order valence-electron chi connectivity index (χ0n) is 10.8. The standard InChI is InChI=1S/C14H18N2OS/c1-3-17-14-16-10-13(18-14)9-15-8-12-6-4-11(2)5-7-12/h4-7,10,15H,3,8-9H2,1-2H3. The Balaban J connectivity index is 1.79. The topological polar surface area (TPSA) is 34.1 Å². The smallest absolute Gasteiger partial charge is 0.273 e. The van der Waals surface area contributed by atoms with Crippen LogP contribution in [0, 0.1) is 6.92 Å². The van der Waals surface area contributed by atoms with E-state index in [4.69, 9.17) is 4.74 Å². The van der Waals surface area contributed by atoms with E-state index in [-0.39, 0.29) is 0 Å². The van der Waals surface area contributed by atoms with Crippen molar-refractivity contribution in [1.29, 1.82) is 0 Å². The van der Waals surface area contributed by atoms with Gasteiger partial charge in [-0.05, 0) is 19.4 Å². The van der Waals surface area contributed by atoms with Crippen LogP contribution in [0.15, 0.2) is 30.5 Å². The van der Waals surface area contributed by atoms with Crippen molar-refractivity contribution in [3.05, 3.63) is 46.5 Å². The Bertz CT molecular complexity index is 479. The highest BCUT2D eigenvalue weighted by atomic mass is 32.1. The molecule has 0 unspecified atom stereocenters. The third kappa shape index (κ3) is 3.82. The molecule has 0 fully saturated rings. The summed E-state index contributed by atoms with van der Waals surface area (Å²) in [6.07, 6.45) is 1.87. The highest BCUT2D eigenvalue weighted by molar-refractivity contribution is 7.13. The summed E-state index contributed by atoms with van der Waals surface area (Å²) in [7, 11) is 0. The van der Waals surface area contributed by atoms with E-state index in [0.717, 1.165) is 18.3 Å². The van der Waals surface area contributed by atoms with Gasteiger partial charge in [0.15, 0.2) is 0 Å². The molecule has 0 aliphatic heterocycles. The van der Waals surface area contributed by atoms with Crippen LogP contribution in [0.4, 0.5) is 0 Å². The van der Waals surface area contributed by atoms with Crippen molar-refractivity contribution in [1.82, 2.24) is 10.3 Å². The first-order valence-corrected chi connectivity index (χ1v) is 6.93. The second-order valence-electron chi connectivity index (χ2n) is 4.11. The van der Waals surface area contributed by atoms with Gasteiger partial charge in [0.05, 0.1) is 6.61 Å². The van der Waals surface area contributed by atoms with Gasteiger partial charge in [0.2, 0.25) is 0 Å². The number of aromatic nitrogens is 1. The van der Waals surface area contributed by atoms with E-state index in [1.165, 1.54) is 16.0 Å². The SMILES string of the molecule is CCOc1ncc(CNCc2ccc(C)cc2)s1. The summed E-state index contributed by atoms with van der Waals surface area (Å²) in [6.45, 7) is 6.45. The number of nitrogens with one attached hydrogen (secondary N) is 1. The van der Waals surface area contributed by atoms with E-state index in [1.807, 2.05) is 13.1 Å². The first kappa shape index (κ1) is 13.1. The summed E-state index contributed by atoms with van der Waals surface area (Å²) in [5.74, 6) is 0. The number of ether oxygens (including phenoxy) is 1. The lowest BCUT2D eigenvalue weighted by molar-refractivity contribution is 0.338. The van der Waals surface area contributed by atoms with Crippen molar-refractivity contribution >= 4 is 11.3 Å². The Hall–Kier alpha value is -1.39. The van der Waals surface area contributed by atoms with Gasteiger partial charge in [-0.1, -0.05) is 41.2 Å². The Morgan fingerprint density at radius 3 is 2.72 bits per heavy atom. The van der Waals surface area contributed by atoms with Crippen molar-refractivity contribution < 1.29 is 4.74 Å². The molecular weight excluding hydrogens is 244 g/mol. The molecular formula is C14H18N2OS. The zero-order chi connectivity index (χ0) is 12.8. The lowest BCUT2D eigenvalue weighted by Gasteiger charge is -2.03. The molecule has 18 heavy (non-hydrogen) atoms. The highest BCUT2D eigenvalue weighted by Crippen LogP contribution is 2.20. The fraction of sp³-hybridized carbons (Fsp3) is 0.357. The summed E-state index contributed by atoms with van der Waals surface area (Å²) in [5, 5.41) is 4.16. The second-order valence-corrected chi connectivity index (χ2v) is 5.19. The fourth-order valence-electron chi connectivity index (χ4n) is 1.60. The Kier molecular flexibility index (Phi) is 4.73. The van der Waals surface area contributed by atoms with Crippen LogP contribution >= 0.6 is 11.3 Å². The minimum absolute atomic E-state index is 0.670. The number of rotatable bonds is 6. The maximum absolute atomic E-state index is 5.34. The third-order valence-corrected chi connectivity index (χ3v) is 3.46. The molecule has 4 heteroatoms. The van der Waals surface area contributed by atoms with Gasteiger partial charge in [-0.2, -0.15) is 0 Å². The summed E-state index contributed by atoms with van der Waals surface area (Å²) < 4.78 is 5.34. The number of benzene rings is 1. The largest absolute Gasteiger partial charge is 0.470 e. The molecule has 0 amide bonds. The predicted octanol–water partition coefficient (Wildman–Crippen LogP) is 3.14. The van der Waals surface area contributed by atoms with Crippen LogP contribution in [-0.2, 0) is 13.1 Å². The molecule has 0 aliphatic rings. The molecule has 0 spiro atoms. The van der Waals surface area contributed by atoms with Gasteiger partial charge in [-0.25, -0.2) is 4.98 Å². The van der Waals surface area contributed by atoms with E-state index < -0.39 is 0 Å². The van der Waals surface area contributed by atoms with Gasteiger partial charge in [0.25, 0.3) is 5.19 Å². The molecule has 2 aromatic rings. The van der Waals surface area contributed by atoms with Gasteiger partial charge >= 0.3 is 0 Å². The van der Waals surface area contributed by atoms with Crippen LogP contribution in [0.5, 0.6) is 5.19 Å². The van der Waals surface area contributed by atoms with Gasteiger partial charge in [0, 0.05) is 24.2 Å². The number of hydrogen-bond acceptors (Lipinski definition) is 4. The molecule has 0 saturated carbocycles. The molecule has 0 bridgehead atoms. The van der Waals surface area contributed by atoms with Gasteiger partial charge < -0.3 is 10.1 Å². The van der Waals surface area contributed by atoms with Gasteiger partial charge in [0.1, 0.15) is 0 Å². The van der Waals surface area contributed by atoms with Gasteiger partial charge in [-0.3, -0.25) is 0 Å². The van der Waals surface area contributed by atoms with Crippen molar-refractivity contribution in [3.8, 4) is 5.19 Å². The van der Waals surface area contributed by atoms with Crippen LogP contribution in [0.25, 0.3) is 0 Å². The molecule has 0 radical (unpaired) electrons. The molecule has 0 atom stereocenters. The molecule has 96 valence electrons. The Morgan fingerprint density at radius 1 is 1.22 bits per heavy atom. The summed E-state index contributed by atoms with van der Waals surface area (Å²) in [4.78, 5) is 5.40. The average molecular weight is 262 g/mol. The molecule has 0 aliphatic carbocycles. The summed E-state index contributed by atoms with van der Waals surface area (Å²) in [5.41, 5.74) is 2.60. The van der Waals surface area contributed by atoms with Crippen molar-refractivity contribution in [3.63, 3.8) is 0 Å². The first-order valence-electron chi connectivity index (χ1n) is 6.11. The number of aryl methyl sites for hydroxylation is 1. The molecule has 0 saturated heterocycles. The van der Waals surface area contributed by atoms with E-state index >= 15 is 0 Å². The van der Waals surface area contributed by atoms with Crippen LogP contribution in [0.1, 0.15) is 22.9 Å². The normalized spacial score (nSPS) is 10.6. The number of thiazole rings is 1. The van der Waals surface area contributed by atoms with Crippen molar-refractivity contribution in [2.24, 2.45) is 0 Å². The minimum atomic E-state index is 0.670. The highest BCUT2D eigenvalue weighted by Gasteiger charge is 2.01. The number of nitrogens with zero attached hydrogens (tertiary/aromatic N) is 1. The summed E-state index contributed by atoms with van der Waals surface area (Å²) >= 11 is 1.60. The third-order valence-electron chi connectivity index (χ3n) is 2.55. The monoisotopic (exact) mass is 262 g/mol. The Morgan fingerprint density at radius 2 is 2.00 bits per heavy atom. The molecule has 2 rings (SSSR count). The van der Waals surface area contributed by atoms with Crippen LogP contribution in [-0.4, -0.2) is 11.6 Å². The maximum atomic E-state index is 5.34. The fourth-order valence-corrected chi connectivity index (χ4v) is 2.38. The lowest BCUT2D eigenvalue weighted by Crippen LogP contribution is -2.11. The predicted molar refractivity (Wildman–Crippen MR) is 75.0 cm³/mol. The average Bonchev–Trinajstić information content (AvgIpc) is 2.80. The molecule has 1 N–H and O–H groups in total. The lowest BCUT2D eigenvalue weighted by atomic mass is 10.1. The van der Waals surface area contributed by atoms with Crippen LogP contribution in [0.3, 0.4) is 0 Å².